The van der Waals surface area contributed by atoms with Crippen molar-refractivity contribution in [2.45, 2.75) is 155 Å². The van der Waals surface area contributed by atoms with Gasteiger partial charge >= 0.3 is 0 Å². The van der Waals surface area contributed by atoms with Crippen molar-refractivity contribution in [2.75, 3.05) is 49.8 Å². The lowest BCUT2D eigenvalue weighted by Gasteiger charge is -2.34. The monoisotopic (exact) mass is 1680 g/mol. The summed E-state index contributed by atoms with van der Waals surface area (Å²) >= 11 is 0. The zero-order valence-electron chi connectivity index (χ0n) is 74.9. The van der Waals surface area contributed by atoms with E-state index >= 15 is 0 Å². The molecule has 124 heavy (non-hydrogen) atoms. The van der Waals surface area contributed by atoms with Crippen LogP contribution in [-0.4, -0.2) is 64.0 Å². The van der Waals surface area contributed by atoms with Gasteiger partial charge in [-0.15, -0.1) is 0 Å². The van der Waals surface area contributed by atoms with E-state index in [1.807, 2.05) is 109 Å². The predicted molar refractivity (Wildman–Crippen MR) is 523 cm³/mol. The Morgan fingerprint density at radius 1 is 0.234 bits per heavy atom. The Hall–Kier alpha value is -12.7. The number of benzene rings is 15. The Kier molecular flexibility index (Phi) is 34.8. The number of ketones is 1. The summed E-state index contributed by atoms with van der Waals surface area (Å²) < 4.78 is 61.9. The zero-order valence-corrected chi connectivity index (χ0v) is 75.7. The summed E-state index contributed by atoms with van der Waals surface area (Å²) in [5, 5.41) is 7.55. The summed E-state index contributed by atoms with van der Waals surface area (Å²) in [4.78, 5) is 13.0. The lowest BCUT2D eigenvalue weighted by atomic mass is 9.67. The third kappa shape index (κ3) is 23.2. The minimum Gasteiger partial charge on any atom is -0.497 e. The molecule has 15 aromatic carbocycles. The van der Waals surface area contributed by atoms with Crippen LogP contribution in [0.5, 0.6) is 40.2 Å². The number of fused-ring (bicyclic) bond motifs is 6. The van der Waals surface area contributed by atoms with Gasteiger partial charge in [0.25, 0.3) is 0 Å². The van der Waals surface area contributed by atoms with E-state index in [-0.39, 0.29) is 33.5 Å². The van der Waals surface area contributed by atoms with Gasteiger partial charge in [-0.3, -0.25) is 4.79 Å². The number of hydrogen-bond donors (Lipinski definition) is 0. The minimum absolute atomic E-state index is 0. The fraction of sp³-hybridized carbons (Fsp3) is 0.248. The molecule has 1 aliphatic rings. The molecule has 0 N–H and O–H groups in total. The van der Waals surface area contributed by atoms with Crippen LogP contribution in [0.15, 0.2) is 277 Å². The summed E-state index contributed by atoms with van der Waals surface area (Å²) in [6.45, 7) is 35.0. The highest BCUT2D eigenvalue weighted by Crippen LogP contribution is 2.57. The maximum Gasteiger partial charge on any atom is 0.206 e. The first-order chi connectivity index (χ1) is 57.8. The molecule has 0 heterocycles. The van der Waals surface area contributed by atoms with Crippen molar-refractivity contribution >= 4 is 47.9 Å². The Balaban J connectivity index is 0.000000203. The second-order valence-electron chi connectivity index (χ2n) is 31.6. The SMILES string of the molecule is C.C.C.COc1cc2cc(C)c(C)cc2cc1C.COc1cc2cc(C)ccc2cc1C.COc1ccc(C(=O)c2ccc(C)c(C)c2)cc1C.COc1ccc(C)cc1C.COc1ccc(C2(c3ccc(C)cc3)c3cc(C)ccc3-c3ccc(C)cc32)cc1.COc1ccc(S(=O)(=O)c2ccc(C)c(C)c2)cc1C.COc1ccc2cc(C)ccc2c1. The van der Waals surface area contributed by atoms with E-state index in [9.17, 15) is 13.2 Å². The molecule has 0 radical (unpaired) electrons. The van der Waals surface area contributed by atoms with Crippen LogP contribution in [0, 0.1) is 118 Å². The molecule has 0 fully saturated rings. The van der Waals surface area contributed by atoms with Crippen LogP contribution in [-0.2, 0) is 15.3 Å². The quantitative estimate of drug-likeness (QED) is 0.103. The standard InChI is InChI=1S/C29H26O.C17H18O2.C16H18O3S.C14H16O.C13H14O.C12H12O.C9H12O.3CH4/c1-19-5-9-22(10-6-19)29(23-11-13-24(30-4)14-12-23)27-17-20(2)7-15-25(27)26-16-8-21(3)18-28(26)29;1-11-5-6-14(9-12(11)2)17(18)15-7-8-16(19-4)13(3)10-15;1-11-5-6-14(9-12(11)2)20(17,18)15-7-8-16(19-4)13(3)10-15;1-9-5-12-7-11(3)14(15-4)8-13(12)6-10(9)2;1-9-4-5-11-7-10(2)13(14-3)8-12(11)6-9;1-9-3-4-11-8-12(13-2)6-5-10(11)7-9;1-7-4-5-9(10-3)8(2)6-7;;;/h5-18H,1-4H3;5-10H,1-4H3;5-10H,1-4H3;5-8H,1-4H3;4-8H,1-3H3;3-8H,1-2H3;4-6H,1-3H3;3*1H4. The lowest BCUT2D eigenvalue weighted by Crippen LogP contribution is -2.28. The van der Waals surface area contributed by atoms with E-state index in [1.54, 1.807) is 80.1 Å². The molecule has 0 saturated heterocycles. The third-order valence-electron chi connectivity index (χ3n) is 22.6. The Morgan fingerprint density at radius 2 is 0.540 bits per heavy atom. The highest BCUT2D eigenvalue weighted by Gasteiger charge is 2.46. The molecule has 11 heteroatoms. The van der Waals surface area contributed by atoms with Crippen LogP contribution in [0.4, 0.5) is 0 Å². The molecular formula is C113H128O10S. The molecule has 1 aliphatic carbocycles. The van der Waals surface area contributed by atoms with Crippen LogP contribution < -0.4 is 33.2 Å². The normalized spacial score (nSPS) is 11.0. The van der Waals surface area contributed by atoms with Crippen molar-refractivity contribution in [1.29, 1.82) is 0 Å². The number of hydrogen-bond acceptors (Lipinski definition) is 10. The number of methoxy groups -OCH3 is 7. The summed E-state index contributed by atoms with van der Waals surface area (Å²) in [5.74, 6) is 6.22. The molecule has 0 spiro atoms. The second-order valence-corrected chi connectivity index (χ2v) is 33.6. The van der Waals surface area contributed by atoms with Gasteiger partial charge in [-0.25, -0.2) is 8.42 Å². The lowest BCUT2D eigenvalue weighted by molar-refractivity contribution is 0.103. The maximum atomic E-state index is 12.6. The van der Waals surface area contributed by atoms with E-state index in [0.717, 1.165) is 67.9 Å². The molecule has 0 amide bonds. The van der Waals surface area contributed by atoms with Gasteiger partial charge in [-0.1, -0.05) is 213 Å². The molecule has 0 bridgehead atoms. The summed E-state index contributed by atoms with van der Waals surface area (Å²) in [7, 11) is 8.25. The number of carbonyl (C=O) groups excluding carboxylic acids is 1. The first-order valence-corrected chi connectivity index (χ1v) is 42.2. The predicted octanol–water partition coefficient (Wildman–Crippen LogP) is 28.9. The highest BCUT2D eigenvalue weighted by atomic mass is 32.2. The van der Waals surface area contributed by atoms with Gasteiger partial charge in [0.05, 0.1) is 65.0 Å². The molecule has 646 valence electrons. The topological polar surface area (TPSA) is 116 Å². The molecule has 0 atom stereocenters. The van der Waals surface area contributed by atoms with Crippen LogP contribution in [0.25, 0.3) is 43.4 Å². The molecule has 15 aromatic rings. The van der Waals surface area contributed by atoms with E-state index in [0.29, 0.717) is 21.1 Å². The Labute approximate surface area is 740 Å². The molecule has 10 nitrogen and oxygen atoms in total. The van der Waals surface area contributed by atoms with Gasteiger partial charge in [0.15, 0.2) is 5.78 Å². The number of rotatable bonds is 13. The van der Waals surface area contributed by atoms with Gasteiger partial charge in [0, 0.05) is 11.1 Å². The summed E-state index contributed by atoms with van der Waals surface area (Å²) in [5.41, 5.74) is 29.1. The van der Waals surface area contributed by atoms with E-state index < -0.39 is 9.84 Å². The smallest absolute Gasteiger partial charge is 0.206 e. The molecule has 16 rings (SSSR count). The van der Waals surface area contributed by atoms with Crippen molar-refractivity contribution in [3.8, 4) is 51.4 Å². The minimum atomic E-state index is -3.48. The number of sulfone groups is 1. The van der Waals surface area contributed by atoms with Crippen LogP contribution in [0.2, 0.25) is 0 Å². The number of aryl methyl sites for hydroxylation is 17. The van der Waals surface area contributed by atoms with Crippen molar-refractivity contribution in [1.82, 2.24) is 0 Å². The van der Waals surface area contributed by atoms with Gasteiger partial charge in [0.1, 0.15) is 40.2 Å². The Morgan fingerprint density at radius 3 is 1.01 bits per heavy atom. The maximum absolute atomic E-state index is 12.6. The number of ether oxygens (including phenoxy) is 7. The van der Waals surface area contributed by atoms with Crippen molar-refractivity contribution in [3.63, 3.8) is 0 Å². The van der Waals surface area contributed by atoms with Crippen LogP contribution in [0.1, 0.15) is 155 Å². The molecule has 0 aromatic heterocycles. The first kappa shape index (κ1) is 98.4. The van der Waals surface area contributed by atoms with Gasteiger partial charge in [0.2, 0.25) is 9.84 Å². The molecule has 0 unspecified atom stereocenters. The largest absolute Gasteiger partial charge is 0.497 e. The molecular weight excluding hydrogens is 1550 g/mol. The molecule has 0 aliphatic heterocycles. The zero-order chi connectivity index (χ0) is 87.7. The fourth-order valence-corrected chi connectivity index (χ4v) is 16.6. The average Bonchev–Trinajstić information content (AvgIpc) is 1.53. The molecule has 0 saturated carbocycles. The van der Waals surface area contributed by atoms with E-state index in [2.05, 4.69) is 245 Å². The van der Waals surface area contributed by atoms with Crippen molar-refractivity contribution < 1.29 is 46.4 Å². The fourth-order valence-electron chi connectivity index (χ4n) is 15.2. The van der Waals surface area contributed by atoms with E-state index in [1.165, 1.54) is 132 Å². The third-order valence-corrected chi connectivity index (χ3v) is 24.3. The van der Waals surface area contributed by atoms with Crippen LogP contribution >= 0.6 is 0 Å². The van der Waals surface area contributed by atoms with Gasteiger partial charge in [-0.2, -0.15) is 0 Å². The van der Waals surface area contributed by atoms with Gasteiger partial charge < -0.3 is 33.2 Å². The van der Waals surface area contributed by atoms with Crippen LogP contribution in [0.3, 0.4) is 0 Å². The van der Waals surface area contributed by atoms with Crippen molar-refractivity contribution in [2.24, 2.45) is 0 Å². The highest BCUT2D eigenvalue weighted by molar-refractivity contribution is 7.91. The van der Waals surface area contributed by atoms with Gasteiger partial charge in [-0.05, 0) is 354 Å². The first-order valence-electron chi connectivity index (χ1n) is 40.7. The summed E-state index contributed by atoms with van der Waals surface area (Å²) in [6, 6.07) is 91.0. The average molecular weight is 1680 g/mol. The van der Waals surface area contributed by atoms with Crippen molar-refractivity contribution in [3.05, 3.63) is 395 Å². The number of carbonyl (C=O) groups is 1. The summed E-state index contributed by atoms with van der Waals surface area (Å²) in [6.07, 6.45) is 0. The van der Waals surface area contributed by atoms with E-state index in [4.69, 9.17) is 33.2 Å². The second kappa shape index (κ2) is 43.9. The Bertz CT molecular complexity index is 6280.